The second-order valence-electron chi connectivity index (χ2n) is 4.89. The van der Waals surface area contributed by atoms with E-state index in [9.17, 15) is 0 Å². The first kappa shape index (κ1) is 14.3. The van der Waals surface area contributed by atoms with Crippen molar-refractivity contribution in [3.8, 4) is 11.8 Å². The Morgan fingerprint density at radius 3 is 2.68 bits per heavy atom. The van der Waals surface area contributed by atoms with Crippen molar-refractivity contribution in [1.29, 1.82) is 0 Å². The lowest BCUT2D eigenvalue weighted by Crippen LogP contribution is -2.25. The van der Waals surface area contributed by atoms with Crippen molar-refractivity contribution in [1.82, 2.24) is 4.72 Å². The van der Waals surface area contributed by atoms with Gasteiger partial charge < -0.3 is 5.32 Å². The van der Waals surface area contributed by atoms with Crippen LogP contribution in [0.25, 0.3) is 0 Å². The zero-order chi connectivity index (χ0) is 13.5. The molecule has 0 aliphatic heterocycles. The molecule has 1 aromatic carbocycles. The summed E-state index contributed by atoms with van der Waals surface area (Å²) in [4.78, 5) is 1.25. The van der Waals surface area contributed by atoms with Crippen molar-refractivity contribution < 1.29 is 0 Å². The van der Waals surface area contributed by atoms with Gasteiger partial charge in [0.05, 0.1) is 5.69 Å². The van der Waals surface area contributed by atoms with Crippen LogP contribution in [0.4, 0.5) is 5.69 Å². The standard InChI is InChI=1S/C16H22N2S/c1-3-7-13-10-11-15(12-16(13)17-2)19-18-14-8-5-4-6-9-14/h10-12,14,17-18H,4-6,8-9H2,1-2H3. The molecule has 19 heavy (non-hydrogen) atoms. The van der Waals surface area contributed by atoms with Crippen LogP contribution in [0, 0.1) is 11.8 Å². The molecule has 1 aromatic rings. The van der Waals surface area contributed by atoms with Gasteiger partial charge in [-0.2, -0.15) is 0 Å². The number of hydrogen-bond acceptors (Lipinski definition) is 3. The summed E-state index contributed by atoms with van der Waals surface area (Å²) in [5.74, 6) is 6.07. The highest BCUT2D eigenvalue weighted by Gasteiger charge is 2.13. The van der Waals surface area contributed by atoms with Crippen molar-refractivity contribution in [2.75, 3.05) is 12.4 Å². The lowest BCUT2D eigenvalue weighted by atomic mass is 9.96. The molecule has 2 rings (SSSR count). The van der Waals surface area contributed by atoms with Gasteiger partial charge in [-0.25, -0.2) is 0 Å². The molecule has 102 valence electrons. The van der Waals surface area contributed by atoms with Gasteiger partial charge in [0.1, 0.15) is 0 Å². The van der Waals surface area contributed by atoms with Crippen LogP contribution >= 0.6 is 11.9 Å². The summed E-state index contributed by atoms with van der Waals surface area (Å²) >= 11 is 1.75. The first-order valence-corrected chi connectivity index (χ1v) is 7.82. The molecule has 0 spiro atoms. The van der Waals surface area contributed by atoms with Gasteiger partial charge in [-0.05, 0) is 49.9 Å². The largest absolute Gasteiger partial charge is 0.387 e. The maximum Gasteiger partial charge on any atom is 0.0508 e. The molecule has 0 unspecified atom stereocenters. The van der Waals surface area contributed by atoms with Crippen LogP contribution in [0.2, 0.25) is 0 Å². The molecule has 2 nitrogen and oxygen atoms in total. The SMILES string of the molecule is CC#Cc1ccc(SNC2CCCCC2)cc1NC. The van der Waals surface area contributed by atoms with E-state index in [0.29, 0.717) is 6.04 Å². The first-order chi connectivity index (χ1) is 9.33. The van der Waals surface area contributed by atoms with Gasteiger partial charge in [-0.15, -0.1) is 5.92 Å². The first-order valence-electron chi connectivity index (χ1n) is 7.00. The Morgan fingerprint density at radius 2 is 2.00 bits per heavy atom. The second-order valence-corrected chi connectivity index (χ2v) is 5.80. The molecule has 0 amide bonds. The molecule has 1 fully saturated rings. The minimum atomic E-state index is 0.673. The van der Waals surface area contributed by atoms with Crippen molar-refractivity contribution in [2.24, 2.45) is 0 Å². The Labute approximate surface area is 120 Å². The van der Waals surface area contributed by atoms with Gasteiger partial charge in [0, 0.05) is 23.5 Å². The molecule has 0 aromatic heterocycles. The van der Waals surface area contributed by atoms with Gasteiger partial charge in [-0.1, -0.05) is 25.2 Å². The minimum absolute atomic E-state index is 0.673. The molecule has 0 atom stereocenters. The fourth-order valence-corrected chi connectivity index (χ4v) is 3.26. The van der Waals surface area contributed by atoms with E-state index in [2.05, 4.69) is 40.1 Å². The van der Waals surface area contributed by atoms with Crippen molar-refractivity contribution >= 4 is 17.6 Å². The summed E-state index contributed by atoms with van der Waals surface area (Å²) in [7, 11) is 1.94. The third kappa shape index (κ3) is 4.19. The van der Waals surface area contributed by atoms with Crippen LogP contribution in [-0.2, 0) is 0 Å². The summed E-state index contributed by atoms with van der Waals surface area (Å²) in [6.07, 6.45) is 6.75. The lowest BCUT2D eigenvalue weighted by molar-refractivity contribution is 0.423. The summed E-state index contributed by atoms with van der Waals surface area (Å²) in [6.45, 7) is 1.87. The number of anilines is 1. The van der Waals surface area contributed by atoms with Crippen molar-refractivity contribution in [3.63, 3.8) is 0 Å². The Hall–Kier alpha value is -1.11. The third-order valence-electron chi connectivity index (χ3n) is 3.47. The lowest BCUT2D eigenvalue weighted by Gasteiger charge is -2.22. The Balaban J connectivity index is 1.97. The second kappa shape index (κ2) is 7.47. The molecule has 1 aliphatic rings. The molecule has 0 radical (unpaired) electrons. The molecule has 0 saturated heterocycles. The topological polar surface area (TPSA) is 24.1 Å². The average Bonchev–Trinajstić information content (AvgIpc) is 2.47. The maximum absolute atomic E-state index is 3.59. The van der Waals surface area contributed by atoms with Gasteiger partial charge in [0.2, 0.25) is 0 Å². The fraction of sp³-hybridized carbons (Fsp3) is 0.500. The summed E-state index contributed by atoms with van der Waals surface area (Å²) in [6, 6.07) is 7.07. The maximum atomic E-state index is 3.59. The Kier molecular flexibility index (Phi) is 5.62. The van der Waals surface area contributed by atoms with E-state index < -0.39 is 0 Å². The Bertz CT molecular complexity index is 467. The quantitative estimate of drug-likeness (QED) is 0.640. The van der Waals surface area contributed by atoms with E-state index >= 15 is 0 Å². The fourth-order valence-electron chi connectivity index (χ4n) is 2.41. The van der Waals surface area contributed by atoms with E-state index in [0.717, 1.165) is 11.3 Å². The van der Waals surface area contributed by atoms with Crippen LogP contribution in [0.1, 0.15) is 44.6 Å². The van der Waals surface area contributed by atoms with Crippen molar-refractivity contribution in [2.45, 2.75) is 50.0 Å². The predicted octanol–water partition coefficient (Wildman–Crippen LogP) is 4.03. The highest BCUT2D eigenvalue weighted by Crippen LogP contribution is 2.25. The zero-order valence-corrected chi connectivity index (χ0v) is 12.6. The number of rotatable bonds is 4. The zero-order valence-electron chi connectivity index (χ0n) is 11.8. The van der Waals surface area contributed by atoms with Crippen LogP contribution in [-0.4, -0.2) is 13.1 Å². The van der Waals surface area contributed by atoms with E-state index in [1.165, 1.54) is 37.0 Å². The Morgan fingerprint density at radius 1 is 1.21 bits per heavy atom. The van der Waals surface area contributed by atoms with E-state index in [1.54, 1.807) is 11.9 Å². The number of hydrogen-bond donors (Lipinski definition) is 2. The third-order valence-corrected chi connectivity index (χ3v) is 4.41. The van der Waals surface area contributed by atoms with E-state index in [1.807, 2.05) is 14.0 Å². The summed E-state index contributed by atoms with van der Waals surface area (Å²) < 4.78 is 3.59. The number of nitrogens with one attached hydrogen (secondary N) is 2. The number of benzene rings is 1. The monoisotopic (exact) mass is 274 g/mol. The molecule has 1 saturated carbocycles. The van der Waals surface area contributed by atoms with E-state index in [4.69, 9.17) is 0 Å². The van der Waals surface area contributed by atoms with Crippen molar-refractivity contribution in [3.05, 3.63) is 23.8 Å². The summed E-state index contributed by atoms with van der Waals surface area (Å²) in [5.41, 5.74) is 2.16. The van der Waals surface area contributed by atoms with Crippen LogP contribution in [0.5, 0.6) is 0 Å². The molecule has 3 heteroatoms. The normalized spacial score (nSPS) is 15.7. The summed E-state index contributed by atoms with van der Waals surface area (Å²) in [5, 5.41) is 3.22. The van der Waals surface area contributed by atoms with Crippen LogP contribution in [0.15, 0.2) is 23.1 Å². The highest BCUT2D eigenvalue weighted by atomic mass is 32.2. The van der Waals surface area contributed by atoms with E-state index in [-0.39, 0.29) is 0 Å². The average molecular weight is 274 g/mol. The van der Waals surface area contributed by atoms with Gasteiger partial charge in [0.15, 0.2) is 0 Å². The molecule has 1 aliphatic carbocycles. The molecule has 0 heterocycles. The minimum Gasteiger partial charge on any atom is -0.387 e. The van der Waals surface area contributed by atoms with Gasteiger partial charge in [-0.3, -0.25) is 4.72 Å². The molecular weight excluding hydrogens is 252 g/mol. The van der Waals surface area contributed by atoms with Gasteiger partial charge in [0.25, 0.3) is 0 Å². The molecule has 0 bridgehead atoms. The van der Waals surface area contributed by atoms with Crippen LogP contribution < -0.4 is 10.0 Å². The highest BCUT2D eigenvalue weighted by molar-refractivity contribution is 7.97. The van der Waals surface area contributed by atoms with Gasteiger partial charge >= 0.3 is 0 Å². The predicted molar refractivity (Wildman–Crippen MR) is 84.4 cm³/mol. The molecular formula is C16H22N2S. The van der Waals surface area contributed by atoms with Crippen LogP contribution in [0.3, 0.4) is 0 Å². The molecule has 2 N–H and O–H groups in total. The smallest absolute Gasteiger partial charge is 0.0508 e.